The van der Waals surface area contributed by atoms with E-state index in [1.807, 2.05) is 48.1 Å². The van der Waals surface area contributed by atoms with E-state index in [1.54, 1.807) is 12.4 Å². The molecule has 0 radical (unpaired) electrons. The molecule has 1 aromatic carbocycles. The quantitative estimate of drug-likeness (QED) is 0.532. The van der Waals surface area contributed by atoms with Gasteiger partial charge in [0.15, 0.2) is 5.58 Å². The molecule has 4 rings (SSSR count). The van der Waals surface area contributed by atoms with Crippen LogP contribution in [-0.2, 0) is 0 Å². The Morgan fingerprint density at radius 1 is 1.27 bits per heavy atom. The second-order valence-electron chi connectivity index (χ2n) is 6.14. The number of anilines is 1. The van der Waals surface area contributed by atoms with E-state index >= 15 is 0 Å². The van der Waals surface area contributed by atoms with Crippen molar-refractivity contribution in [3.63, 3.8) is 0 Å². The van der Waals surface area contributed by atoms with Gasteiger partial charge < -0.3 is 15.6 Å². The Morgan fingerprint density at radius 3 is 2.92 bits per heavy atom. The van der Waals surface area contributed by atoms with Gasteiger partial charge in [0.05, 0.1) is 17.8 Å². The molecule has 3 aromatic heterocycles. The van der Waals surface area contributed by atoms with Crippen molar-refractivity contribution >= 4 is 23.1 Å². The first kappa shape index (κ1) is 16.0. The van der Waals surface area contributed by atoms with Crippen molar-refractivity contribution < 1.29 is 4.42 Å². The molecule has 0 saturated heterocycles. The van der Waals surface area contributed by atoms with Gasteiger partial charge in [0, 0.05) is 29.9 Å². The monoisotopic (exact) mass is 346 g/mol. The van der Waals surface area contributed by atoms with E-state index in [0.717, 1.165) is 16.6 Å². The molecule has 130 valence electrons. The van der Waals surface area contributed by atoms with Gasteiger partial charge in [-0.25, -0.2) is 9.97 Å². The van der Waals surface area contributed by atoms with E-state index < -0.39 is 0 Å². The molecular weight excluding hydrogens is 328 g/mol. The van der Waals surface area contributed by atoms with Crippen LogP contribution in [0.3, 0.4) is 0 Å². The minimum absolute atomic E-state index is 0.125. The second-order valence-corrected chi connectivity index (χ2v) is 6.14. The zero-order chi connectivity index (χ0) is 18.1. The highest BCUT2D eigenvalue weighted by Crippen LogP contribution is 2.31. The smallest absolute Gasteiger partial charge is 0.231 e. The van der Waals surface area contributed by atoms with E-state index in [0.29, 0.717) is 29.3 Å². The van der Waals surface area contributed by atoms with Crippen molar-refractivity contribution in [2.75, 3.05) is 5.73 Å². The Morgan fingerprint density at radius 2 is 2.12 bits per heavy atom. The van der Waals surface area contributed by atoms with E-state index in [9.17, 15) is 0 Å². The van der Waals surface area contributed by atoms with Crippen LogP contribution in [0.1, 0.15) is 19.4 Å². The molecule has 1 unspecified atom stereocenters. The van der Waals surface area contributed by atoms with Crippen molar-refractivity contribution in [1.29, 1.82) is 5.41 Å². The lowest BCUT2D eigenvalue weighted by Gasteiger charge is -2.08. The molecule has 0 amide bonds. The molecule has 0 aliphatic heterocycles. The van der Waals surface area contributed by atoms with Gasteiger partial charge in [-0.15, -0.1) is 0 Å². The molecule has 4 aromatic rings. The normalized spacial score (nSPS) is 12.3. The average molecular weight is 346 g/mol. The summed E-state index contributed by atoms with van der Waals surface area (Å²) in [5.41, 5.74) is 10.00. The Labute approximate surface area is 150 Å². The first-order chi connectivity index (χ1) is 12.7. The van der Waals surface area contributed by atoms with Gasteiger partial charge >= 0.3 is 0 Å². The van der Waals surface area contributed by atoms with E-state index in [1.165, 1.54) is 6.21 Å². The van der Waals surface area contributed by atoms with E-state index in [4.69, 9.17) is 15.6 Å². The van der Waals surface area contributed by atoms with Crippen LogP contribution in [0.25, 0.3) is 33.7 Å². The number of nitrogens with zero attached hydrogens (tertiary/aromatic N) is 4. The van der Waals surface area contributed by atoms with Gasteiger partial charge in [0.25, 0.3) is 0 Å². The van der Waals surface area contributed by atoms with Gasteiger partial charge in [-0.2, -0.15) is 5.10 Å². The summed E-state index contributed by atoms with van der Waals surface area (Å²) in [4.78, 5) is 8.80. The number of oxazole rings is 1. The SMILES string of the molecule is CC(CC=N)n1cc(-c2cnc(N)c(-c3nc4ccccc4o3)c2)cn1. The molecule has 0 bridgehead atoms. The van der Waals surface area contributed by atoms with Crippen LogP contribution in [0.15, 0.2) is 53.3 Å². The van der Waals surface area contributed by atoms with Crippen LogP contribution in [0.4, 0.5) is 5.82 Å². The van der Waals surface area contributed by atoms with Crippen LogP contribution < -0.4 is 5.73 Å². The predicted octanol–water partition coefficient (Wildman–Crippen LogP) is 3.94. The van der Waals surface area contributed by atoms with Gasteiger partial charge in [-0.1, -0.05) is 12.1 Å². The molecule has 26 heavy (non-hydrogen) atoms. The summed E-state index contributed by atoms with van der Waals surface area (Å²) in [6.45, 7) is 2.02. The number of benzene rings is 1. The molecule has 7 heteroatoms. The molecule has 3 heterocycles. The van der Waals surface area contributed by atoms with Crippen LogP contribution in [-0.4, -0.2) is 26.0 Å². The lowest BCUT2D eigenvalue weighted by atomic mass is 10.1. The number of aromatic nitrogens is 4. The zero-order valence-electron chi connectivity index (χ0n) is 14.3. The van der Waals surface area contributed by atoms with Crippen molar-refractivity contribution in [2.24, 2.45) is 0 Å². The fourth-order valence-electron chi connectivity index (χ4n) is 2.80. The maximum absolute atomic E-state index is 7.24. The van der Waals surface area contributed by atoms with Crippen LogP contribution in [0, 0.1) is 5.41 Å². The maximum atomic E-state index is 7.24. The number of nitrogen functional groups attached to an aromatic ring is 1. The summed E-state index contributed by atoms with van der Waals surface area (Å²) in [5.74, 6) is 0.812. The lowest BCUT2D eigenvalue weighted by Crippen LogP contribution is -2.05. The summed E-state index contributed by atoms with van der Waals surface area (Å²) in [7, 11) is 0. The van der Waals surface area contributed by atoms with Crippen LogP contribution in [0.5, 0.6) is 0 Å². The van der Waals surface area contributed by atoms with Crippen molar-refractivity contribution in [3.8, 4) is 22.6 Å². The molecule has 0 saturated carbocycles. The van der Waals surface area contributed by atoms with Crippen LogP contribution in [0.2, 0.25) is 0 Å². The molecule has 0 aliphatic carbocycles. The molecule has 0 aliphatic rings. The summed E-state index contributed by atoms with van der Waals surface area (Å²) in [5, 5.41) is 11.6. The van der Waals surface area contributed by atoms with Crippen molar-refractivity contribution in [3.05, 3.63) is 48.9 Å². The Bertz CT molecular complexity index is 1050. The van der Waals surface area contributed by atoms with Gasteiger partial charge in [-0.3, -0.25) is 4.68 Å². The summed E-state index contributed by atoms with van der Waals surface area (Å²) in [6.07, 6.45) is 7.46. The minimum Gasteiger partial charge on any atom is -0.436 e. The van der Waals surface area contributed by atoms with Crippen LogP contribution >= 0.6 is 0 Å². The first-order valence-corrected chi connectivity index (χ1v) is 8.30. The van der Waals surface area contributed by atoms with E-state index in [-0.39, 0.29) is 6.04 Å². The van der Waals surface area contributed by atoms with Gasteiger partial charge in [0.1, 0.15) is 11.3 Å². The number of nitrogens with two attached hydrogens (primary N) is 1. The standard InChI is InChI=1S/C19H18N6O/c1-12(6-7-20)25-11-14(10-23-25)13-8-15(18(21)22-9-13)19-24-16-4-2-3-5-17(16)26-19/h2-5,7-12,20H,6H2,1H3,(H2,21,22). The molecule has 7 nitrogen and oxygen atoms in total. The Hall–Kier alpha value is -3.48. The minimum atomic E-state index is 0.125. The number of rotatable bonds is 5. The largest absolute Gasteiger partial charge is 0.436 e. The van der Waals surface area contributed by atoms with Crippen molar-refractivity contribution in [1.82, 2.24) is 19.7 Å². The maximum Gasteiger partial charge on any atom is 0.231 e. The number of pyridine rings is 1. The van der Waals surface area contributed by atoms with E-state index in [2.05, 4.69) is 15.1 Å². The molecule has 1 atom stereocenters. The zero-order valence-corrected chi connectivity index (χ0v) is 14.3. The number of para-hydroxylation sites is 2. The molecule has 0 spiro atoms. The number of nitrogens with one attached hydrogen (secondary N) is 1. The first-order valence-electron chi connectivity index (χ1n) is 8.30. The second kappa shape index (κ2) is 6.44. The molecular formula is C19H18N6O. The van der Waals surface area contributed by atoms with Crippen molar-refractivity contribution in [2.45, 2.75) is 19.4 Å². The number of hydrogen-bond acceptors (Lipinski definition) is 6. The predicted molar refractivity (Wildman–Crippen MR) is 101 cm³/mol. The fourth-order valence-corrected chi connectivity index (χ4v) is 2.80. The third-order valence-corrected chi connectivity index (χ3v) is 4.29. The topological polar surface area (TPSA) is 107 Å². The average Bonchev–Trinajstić information content (AvgIpc) is 3.29. The summed E-state index contributed by atoms with van der Waals surface area (Å²) in [6, 6.07) is 9.61. The van der Waals surface area contributed by atoms with Gasteiger partial charge in [-0.05, 0) is 31.3 Å². The Kier molecular flexibility index (Phi) is 3.96. The summed E-state index contributed by atoms with van der Waals surface area (Å²) >= 11 is 0. The number of fused-ring (bicyclic) bond motifs is 1. The lowest BCUT2D eigenvalue weighted by molar-refractivity contribution is 0.509. The highest BCUT2D eigenvalue weighted by Gasteiger charge is 2.15. The third kappa shape index (κ3) is 2.83. The third-order valence-electron chi connectivity index (χ3n) is 4.29. The summed E-state index contributed by atoms with van der Waals surface area (Å²) < 4.78 is 7.67. The highest BCUT2D eigenvalue weighted by atomic mass is 16.3. The number of hydrogen-bond donors (Lipinski definition) is 2. The fraction of sp³-hybridized carbons (Fsp3) is 0.158. The molecule has 3 N–H and O–H groups in total. The Balaban J connectivity index is 1.73. The highest BCUT2D eigenvalue weighted by molar-refractivity contribution is 5.80. The van der Waals surface area contributed by atoms with Gasteiger partial charge in [0.2, 0.25) is 5.89 Å². The molecule has 0 fully saturated rings.